The second-order valence-electron chi connectivity index (χ2n) is 9.47. The Bertz CT molecular complexity index is 873. The number of aromatic nitrogens is 1. The van der Waals surface area contributed by atoms with Gasteiger partial charge in [0.1, 0.15) is 0 Å². The van der Waals surface area contributed by atoms with Crippen LogP contribution < -0.4 is 0 Å². The molecule has 0 amide bonds. The average Bonchev–Trinajstić information content (AvgIpc) is 3.12. The number of aryl methyl sites for hydroxylation is 1. The molecule has 1 saturated carbocycles. The van der Waals surface area contributed by atoms with Crippen LogP contribution in [0.25, 0.3) is 21.8 Å². The molecule has 0 atom stereocenters. The van der Waals surface area contributed by atoms with Gasteiger partial charge in [-0.2, -0.15) is 0 Å². The summed E-state index contributed by atoms with van der Waals surface area (Å²) < 4.78 is 2.54. The molecule has 0 N–H and O–H groups in total. The minimum absolute atomic E-state index is 1.03. The molecule has 154 valence electrons. The van der Waals surface area contributed by atoms with E-state index in [2.05, 4.69) is 58.0 Å². The minimum atomic E-state index is 1.03. The van der Waals surface area contributed by atoms with Crippen LogP contribution in [0.4, 0.5) is 0 Å². The Labute approximate surface area is 175 Å². The van der Waals surface area contributed by atoms with Crippen LogP contribution in [0.1, 0.15) is 57.8 Å². The number of piperidine rings is 1. The monoisotopic (exact) mass is 388 g/mol. The summed E-state index contributed by atoms with van der Waals surface area (Å²) in [5.74, 6) is 2.09. The molecule has 2 aliphatic rings. The zero-order chi connectivity index (χ0) is 19.5. The first kappa shape index (κ1) is 19.2. The van der Waals surface area contributed by atoms with Gasteiger partial charge in [-0.25, -0.2) is 0 Å². The number of rotatable bonds is 6. The second-order valence-corrected chi connectivity index (χ2v) is 9.47. The van der Waals surface area contributed by atoms with Crippen LogP contribution in [0, 0.1) is 11.8 Å². The lowest BCUT2D eigenvalue weighted by Gasteiger charge is -2.37. The van der Waals surface area contributed by atoms with Crippen LogP contribution in [0.3, 0.4) is 0 Å². The fourth-order valence-corrected chi connectivity index (χ4v) is 6.10. The van der Waals surface area contributed by atoms with Crippen LogP contribution in [0.2, 0.25) is 0 Å². The normalized spacial score (nSPS) is 20.0. The van der Waals surface area contributed by atoms with Gasteiger partial charge in [0.05, 0.1) is 0 Å². The number of unbranched alkanes of at least 4 members (excludes halogenated alkanes) is 1. The summed E-state index contributed by atoms with van der Waals surface area (Å²) >= 11 is 0. The molecule has 2 fully saturated rings. The first-order chi connectivity index (χ1) is 14.4. The van der Waals surface area contributed by atoms with Gasteiger partial charge in [0.15, 0.2) is 0 Å². The van der Waals surface area contributed by atoms with E-state index in [-0.39, 0.29) is 0 Å². The fraction of sp³-hybridized carbons (Fsp3) is 0.556. The van der Waals surface area contributed by atoms with E-state index >= 15 is 0 Å². The molecule has 2 aromatic carbocycles. The first-order valence-electron chi connectivity index (χ1n) is 12.1. The molecular weight excluding hydrogens is 352 g/mol. The lowest BCUT2D eigenvalue weighted by molar-refractivity contribution is 0.125. The molecule has 1 saturated heterocycles. The number of para-hydroxylation sites is 2. The van der Waals surface area contributed by atoms with Gasteiger partial charge < -0.3 is 9.47 Å². The van der Waals surface area contributed by atoms with Crippen molar-refractivity contribution in [1.82, 2.24) is 9.47 Å². The van der Waals surface area contributed by atoms with E-state index in [1.807, 2.05) is 0 Å². The average molecular weight is 389 g/mol. The van der Waals surface area contributed by atoms with Gasteiger partial charge in [-0.15, -0.1) is 0 Å². The Balaban J connectivity index is 1.14. The van der Waals surface area contributed by atoms with Crippen molar-refractivity contribution < 1.29 is 0 Å². The van der Waals surface area contributed by atoms with E-state index < -0.39 is 0 Å². The zero-order valence-electron chi connectivity index (χ0n) is 17.9. The molecule has 0 bridgehead atoms. The molecule has 1 aliphatic heterocycles. The number of nitrogens with zero attached hydrogens (tertiary/aromatic N) is 2. The smallest absolute Gasteiger partial charge is 0.0491 e. The van der Waals surface area contributed by atoms with E-state index in [9.17, 15) is 0 Å². The molecule has 2 heterocycles. The molecule has 5 rings (SSSR count). The molecule has 0 radical (unpaired) electrons. The second kappa shape index (κ2) is 8.92. The van der Waals surface area contributed by atoms with Crippen molar-refractivity contribution in [2.45, 2.75) is 64.3 Å². The van der Waals surface area contributed by atoms with Gasteiger partial charge in [-0.3, -0.25) is 0 Å². The Hall–Kier alpha value is -1.80. The summed E-state index contributed by atoms with van der Waals surface area (Å²) in [6, 6.07) is 17.8. The van der Waals surface area contributed by atoms with E-state index in [0.29, 0.717) is 0 Å². The van der Waals surface area contributed by atoms with Crippen molar-refractivity contribution in [3.05, 3.63) is 48.5 Å². The molecule has 0 unspecified atom stereocenters. The molecule has 2 nitrogen and oxygen atoms in total. The SMILES string of the molecule is c1ccc2c(c1)c1ccccc1n2CCCCN1CCC(C2CCCCC2)CC1. The Morgan fingerprint density at radius 1 is 0.621 bits per heavy atom. The highest BCUT2D eigenvalue weighted by molar-refractivity contribution is 6.07. The number of benzene rings is 2. The molecule has 29 heavy (non-hydrogen) atoms. The standard InChI is InChI=1S/C27H36N2/c1-2-10-22(11-3-1)23-16-20-28(21-17-23)18-8-9-19-29-26-14-6-4-12-24(26)25-13-5-7-15-27(25)29/h4-7,12-15,22-23H,1-3,8-11,16-21H2. The lowest BCUT2D eigenvalue weighted by atomic mass is 9.76. The Morgan fingerprint density at radius 3 is 1.83 bits per heavy atom. The number of hydrogen-bond acceptors (Lipinski definition) is 1. The van der Waals surface area contributed by atoms with Crippen LogP contribution in [-0.4, -0.2) is 29.1 Å². The summed E-state index contributed by atoms with van der Waals surface area (Å²) in [5.41, 5.74) is 2.78. The highest BCUT2D eigenvalue weighted by Crippen LogP contribution is 2.35. The van der Waals surface area contributed by atoms with Gasteiger partial charge in [-0.1, -0.05) is 68.5 Å². The summed E-state index contributed by atoms with van der Waals surface area (Å²) in [6.07, 6.45) is 13.0. The maximum absolute atomic E-state index is 2.74. The van der Waals surface area contributed by atoms with Gasteiger partial charge in [0.2, 0.25) is 0 Å². The largest absolute Gasteiger partial charge is 0.340 e. The number of likely N-dealkylation sites (tertiary alicyclic amines) is 1. The highest BCUT2D eigenvalue weighted by Gasteiger charge is 2.27. The van der Waals surface area contributed by atoms with Gasteiger partial charge >= 0.3 is 0 Å². The van der Waals surface area contributed by atoms with E-state index in [4.69, 9.17) is 0 Å². The molecule has 3 aromatic rings. The van der Waals surface area contributed by atoms with Gasteiger partial charge in [0.25, 0.3) is 0 Å². The summed E-state index contributed by atoms with van der Waals surface area (Å²) in [7, 11) is 0. The zero-order valence-corrected chi connectivity index (χ0v) is 17.9. The third-order valence-corrected chi connectivity index (χ3v) is 7.73. The maximum Gasteiger partial charge on any atom is 0.0491 e. The molecule has 2 heteroatoms. The molecule has 1 aliphatic carbocycles. The molecule has 0 spiro atoms. The Kier molecular flexibility index (Phi) is 5.90. The molecular formula is C27H36N2. The number of fused-ring (bicyclic) bond motifs is 3. The first-order valence-corrected chi connectivity index (χ1v) is 12.1. The quantitative estimate of drug-likeness (QED) is 0.418. The summed E-state index contributed by atoms with van der Waals surface area (Å²) in [5, 5.41) is 2.79. The van der Waals surface area contributed by atoms with Crippen LogP contribution in [-0.2, 0) is 6.54 Å². The topological polar surface area (TPSA) is 8.17 Å². The summed E-state index contributed by atoms with van der Waals surface area (Å²) in [4.78, 5) is 2.74. The van der Waals surface area contributed by atoms with Crippen molar-refractivity contribution in [3.63, 3.8) is 0 Å². The summed E-state index contributed by atoms with van der Waals surface area (Å²) in [6.45, 7) is 5.11. The minimum Gasteiger partial charge on any atom is -0.340 e. The van der Waals surface area contributed by atoms with Crippen molar-refractivity contribution in [1.29, 1.82) is 0 Å². The van der Waals surface area contributed by atoms with Crippen LogP contribution >= 0.6 is 0 Å². The molecule has 1 aromatic heterocycles. The lowest BCUT2D eigenvalue weighted by Crippen LogP contribution is -2.37. The number of hydrogen-bond donors (Lipinski definition) is 0. The van der Waals surface area contributed by atoms with E-state index in [1.54, 1.807) is 0 Å². The van der Waals surface area contributed by atoms with Crippen molar-refractivity contribution in [2.75, 3.05) is 19.6 Å². The predicted molar refractivity (Wildman–Crippen MR) is 124 cm³/mol. The van der Waals surface area contributed by atoms with Gasteiger partial charge in [0, 0.05) is 28.4 Å². The van der Waals surface area contributed by atoms with E-state index in [0.717, 1.165) is 18.4 Å². The maximum atomic E-state index is 2.74. The Morgan fingerprint density at radius 2 is 1.17 bits per heavy atom. The predicted octanol–water partition coefficient (Wildman–Crippen LogP) is 6.87. The van der Waals surface area contributed by atoms with Crippen LogP contribution in [0.15, 0.2) is 48.5 Å². The fourth-order valence-electron chi connectivity index (χ4n) is 6.10. The third-order valence-electron chi connectivity index (χ3n) is 7.73. The third kappa shape index (κ3) is 4.10. The highest BCUT2D eigenvalue weighted by atomic mass is 15.1. The van der Waals surface area contributed by atoms with Gasteiger partial charge in [-0.05, 0) is 69.3 Å². The van der Waals surface area contributed by atoms with Crippen molar-refractivity contribution in [3.8, 4) is 0 Å². The van der Waals surface area contributed by atoms with Crippen LogP contribution in [0.5, 0.6) is 0 Å². The van der Waals surface area contributed by atoms with E-state index in [1.165, 1.54) is 99.2 Å². The van der Waals surface area contributed by atoms with Crippen molar-refractivity contribution in [2.24, 2.45) is 11.8 Å². The van der Waals surface area contributed by atoms with Crippen molar-refractivity contribution >= 4 is 21.8 Å².